The minimum atomic E-state index is -1.54. The first kappa shape index (κ1) is 30.3. The fraction of sp³-hybridized carbons (Fsp3) is 0.459. The van der Waals surface area contributed by atoms with E-state index in [0.29, 0.717) is 30.7 Å². The first-order valence-electron chi connectivity index (χ1n) is 16.0. The molecule has 0 aliphatic heterocycles. The largest absolute Gasteiger partial charge is 0.447 e. The van der Waals surface area contributed by atoms with Crippen molar-refractivity contribution in [3.63, 3.8) is 0 Å². The number of pyridine rings is 1. The molecule has 3 aromatic rings. The summed E-state index contributed by atoms with van der Waals surface area (Å²) < 4.78 is 21.1. The van der Waals surface area contributed by atoms with Crippen molar-refractivity contribution in [3.8, 4) is 0 Å². The van der Waals surface area contributed by atoms with Crippen LogP contribution in [0.3, 0.4) is 0 Å². The molecular formula is C37H38FNO5S. The molecule has 5 unspecified atom stereocenters. The molecule has 1 aromatic heterocycles. The monoisotopic (exact) mass is 627 g/mol. The van der Waals surface area contributed by atoms with E-state index in [9.17, 15) is 23.9 Å². The van der Waals surface area contributed by atoms with E-state index in [0.717, 1.165) is 29.3 Å². The van der Waals surface area contributed by atoms with Crippen LogP contribution in [0.5, 0.6) is 0 Å². The van der Waals surface area contributed by atoms with Gasteiger partial charge in [0.25, 0.3) is 0 Å². The number of carbonyl (C=O) groups excluding carboxylic acids is 3. The van der Waals surface area contributed by atoms with Gasteiger partial charge in [0, 0.05) is 17.2 Å². The number of halogens is 1. The highest BCUT2D eigenvalue weighted by molar-refractivity contribution is 7.99. The quantitative estimate of drug-likeness (QED) is 0.230. The molecule has 1 heterocycles. The van der Waals surface area contributed by atoms with Gasteiger partial charge in [-0.1, -0.05) is 67.6 Å². The Hall–Kier alpha value is -3.36. The molecular weight excluding hydrogens is 589 g/mol. The van der Waals surface area contributed by atoms with Crippen molar-refractivity contribution in [1.82, 2.24) is 4.98 Å². The van der Waals surface area contributed by atoms with Gasteiger partial charge in [0.2, 0.25) is 0 Å². The molecule has 6 nitrogen and oxygen atoms in total. The zero-order valence-corrected chi connectivity index (χ0v) is 26.4. The fourth-order valence-electron chi connectivity index (χ4n) is 9.58. The van der Waals surface area contributed by atoms with Crippen LogP contribution in [0, 0.1) is 34.4 Å². The van der Waals surface area contributed by atoms with Gasteiger partial charge < -0.3 is 9.84 Å². The van der Waals surface area contributed by atoms with E-state index < -0.39 is 28.9 Å². The van der Waals surface area contributed by atoms with E-state index in [1.54, 1.807) is 12.1 Å². The normalized spacial score (nSPS) is 34.0. The number of fused-ring (bicyclic) bond motifs is 6. The maximum Gasteiger partial charge on any atom is 0.342 e. The lowest BCUT2D eigenvalue weighted by molar-refractivity contribution is -0.180. The van der Waals surface area contributed by atoms with Crippen LogP contribution in [0.1, 0.15) is 69.2 Å². The Balaban J connectivity index is 1.24. The van der Waals surface area contributed by atoms with E-state index in [1.165, 1.54) is 30.0 Å². The molecule has 1 N–H and O–H groups in total. The highest BCUT2D eigenvalue weighted by Crippen LogP contribution is 2.68. The summed E-state index contributed by atoms with van der Waals surface area (Å²) in [5, 5.41) is 13.7. The summed E-state index contributed by atoms with van der Waals surface area (Å²) in [5.41, 5.74) is -0.922. The van der Waals surface area contributed by atoms with Crippen LogP contribution in [0.15, 0.2) is 77.3 Å². The number of esters is 1. The number of hydrogen-bond acceptors (Lipinski definition) is 7. The zero-order chi connectivity index (χ0) is 31.6. The molecule has 234 valence electrons. The number of allylic oxidation sites excluding steroid dienone is 1. The smallest absolute Gasteiger partial charge is 0.342 e. The van der Waals surface area contributed by atoms with E-state index >= 15 is 0 Å². The molecule has 4 aliphatic rings. The van der Waals surface area contributed by atoms with Crippen LogP contribution < -0.4 is 0 Å². The number of aliphatic hydroxyl groups is 1. The minimum Gasteiger partial charge on any atom is -0.447 e. The van der Waals surface area contributed by atoms with Gasteiger partial charge in [-0.3, -0.25) is 9.59 Å². The van der Waals surface area contributed by atoms with Crippen molar-refractivity contribution in [3.05, 3.63) is 83.7 Å². The van der Waals surface area contributed by atoms with Crippen molar-refractivity contribution >= 4 is 40.2 Å². The highest BCUT2D eigenvalue weighted by atomic mass is 32.2. The molecule has 0 radical (unpaired) electrons. The lowest BCUT2D eigenvalue weighted by Crippen LogP contribution is -2.63. The van der Waals surface area contributed by atoms with Gasteiger partial charge in [-0.15, -0.1) is 0 Å². The predicted molar refractivity (Wildman–Crippen MR) is 170 cm³/mol. The molecule has 45 heavy (non-hydrogen) atoms. The lowest BCUT2D eigenvalue weighted by atomic mass is 9.45. The number of Topliss-reactive ketones (excluding diaryl/α,β-unsaturated/α-hetero) is 1. The molecule has 0 saturated heterocycles. The van der Waals surface area contributed by atoms with Crippen molar-refractivity contribution < 1.29 is 28.6 Å². The number of ketones is 2. The molecule has 0 bridgehead atoms. The number of nitrogens with zero attached hydrogens (tertiary/aromatic N) is 1. The van der Waals surface area contributed by atoms with Crippen molar-refractivity contribution in [2.24, 2.45) is 28.6 Å². The molecule has 7 rings (SSSR count). The third kappa shape index (κ3) is 4.78. The molecule has 7 atom stereocenters. The number of aromatic nitrogens is 1. The van der Waals surface area contributed by atoms with Gasteiger partial charge in [0.15, 0.2) is 17.2 Å². The van der Waals surface area contributed by atoms with E-state index in [4.69, 9.17) is 9.72 Å². The van der Waals surface area contributed by atoms with Gasteiger partial charge in [-0.2, -0.15) is 0 Å². The number of aliphatic hydroxyl groups excluding tert-OH is 1. The number of rotatable bonds is 6. The standard InChI is InChI=1S/C37H38FNO5S/c1-35-17-15-24(40)19-23(35)12-13-25-27-16-18-37(36(27,2)20-30(41)33(25)35,44-34(43)26-8-4-5-9-28(26)38)31(42)21-45-32-14-11-22-7-3-6-10-29(22)39-32/h3-11,14,19,25,27,30,33,41H,12-13,15-18,20-21H2,1-2H3/t25?,27?,30-,33?,35?,36?,37-/m0/s1. The average Bonchev–Trinajstić information content (AvgIpc) is 3.32. The van der Waals surface area contributed by atoms with Crippen LogP contribution in [-0.4, -0.2) is 45.1 Å². The number of benzene rings is 2. The molecule has 0 spiro atoms. The first-order chi connectivity index (χ1) is 21.6. The van der Waals surface area contributed by atoms with Gasteiger partial charge >= 0.3 is 5.97 Å². The van der Waals surface area contributed by atoms with Gasteiger partial charge in [-0.05, 0) is 92.0 Å². The molecule has 3 saturated carbocycles. The van der Waals surface area contributed by atoms with E-state index in [1.807, 2.05) is 43.3 Å². The third-order valence-corrected chi connectivity index (χ3v) is 12.7. The number of para-hydroxylation sites is 1. The molecule has 8 heteroatoms. The summed E-state index contributed by atoms with van der Waals surface area (Å²) in [7, 11) is 0. The Labute approximate surface area is 266 Å². The minimum absolute atomic E-state index is 0.0167. The highest BCUT2D eigenvalue weighted by Gasteiger charge is 2.70. The van der Waals surface area contributed by atoms with Gasteiger partial charge in [-0.25, -0.2) is 14.2 Å². The Morgan fingerprint density at radius 1 is 1.02 bits per heavy atom. The average molecular weight is 628 g/mol. The Morgan fingerprint density at radius 3 is 2.62 bits per heavy atom. The lowest BCUT2D eigenvalue weighted by Gasteiger charge is -2.60. The Bertz CT molecular complexity index is 1740. The molecule has 4 aliphatic carbocycles. The SMILES string of the molecule is CC12CCC(=O)C=C1CCC1C2[C@@H](O)CC2(C)C1CC[C@]2(OC(=O)c1ccccc1F)C(=O)CSc1ccc2ccccc2n1. The zero-order valence-electron chi connectivity index (χ0n) is 25.6. The van der Waals surface area contributed by atoms with Gasteiger partial charge in [0.05, 0.1) is 28.0 Å². The summed E-state index contributed by atoms with van der Waals surface area (Å²) in [5.74, 6) is -1.56. The number of hydrogen-bond donors (Lipinski definition) is 1. The predicted octanol–water partition coefficient (Wildman–Crippen LogP) is 7.13. The second-order valence-electron chi connectivity index (χ2n) is 13.9. The first-order valence-corrected chi connectivity index (χ1v) is 17.0. The number of thioether (sulfide) groups is 1. The maximum atomic E-state index is 14.8. The van der Waals surface area contributed by atoms with E-state index in [-0.39, 0.29) is 52.5 Å². The number of ether oxygens (including phenoxy) is 1. The summed E-state index contributed by atoms with van der Waals surface area (Å²) in [6, 6.07) is 17.3. The second kappa shape index (κ2) is 11.2. The number of carbonyl (C=O) groups is 3. The maximum absolute atomic E-state index is 14.8. The summed E-state index contributed by atoms with van der Waals surface area (Å²) >= 11 is 1.30. The summed E-state index contributed by atoms with van der Waals surface area (Å²) in [6.45, 7) is 4.18. The summed E-state index contributed by atoms with van der Waals surface area (Å²) in [6.07, 6.45) is 5.08. The van der Waals surface area contributed by atoms with Crippen LogP contribution in [0.2, 0.25) is 0 Å². The molecule has 0 amide bonds. The molecule has 2 aromatic carbocycles. The van der Waals surface area contributed by atoms with E-state index in [2.05, 4.69) is 6.92 Å². The van der Waals surface area contributed by atoms with Crippen LogP contribution in [0.25, 0.3) is 10.9 Å². The third-order valence-electron chi connectivity index (χ3n) is 11.8. The van der Waals surface area contributed by atoms with Crippen molar-refractivity contribution in [2.75, 3.05) is 5.75 Å². The van der Waals surface area contributed by atoms with Crippen molar-refractivity contribution in [1.29, 1.82) is 0 Å². The second-order valence-corrected chi connectivity index (χ2v) is 14.9. The Kier molecular flexibility index (Phi) is 7.52. The Morgan fingerprint density at radius 2 is 1.80 bits per heavy atom. The van der Waals surface area contributed by atoms with Crippen LogP contribution >= 0.6 is 11.8 Å². The molecule has 3 fully saturated rings. The van der Waals surface area contributed by atoms with Crippen LogP contribution in [0.4, 0.5) is 4.39 Å². The van der Waals surface area contributed by atoms with Crippen LogP contribution in [-0.2, 0) is 14.3 Å². The topological polar surface area (TPSA) is 93.6 Å². The summed E-state index contributed by atoms with van der Waals surface area (Å²) in [4.78, 5) is 45.3. The van der Waals surface area contributed by atoms with Gasteiger partial charge in [0.1, 0.15) is 5.82 Å². The van der Waals surface area contributed by atoms with Crippen molar-refractivity contribution in [2.45, 2.75) is 75.5 Å². The fourth-order valence-corrected chi connectivity index (χ4v) is 10.4.